The van der Waals surface area contributed by atoms with E-state index < -0.39 is 0 Å². The Labute approximate surface area is 134 Å². The predicted molar refractivity (Wildman–Crippen MR) is 89.9 cm³/mol. The molecular formula is C18H15ClN2O. The molecule has 110 valence electrons. The van der Waals surface area contributed by atoms with Crippen LogP contribution in [0.5, 0.6) is 5.88 Å². The minimum atomic E-state index is 0.501. The molecule has 0 unspecified atom stereocenters. The van der Waals surface area contributed by atoms with Crippen molar-refractivity contribution >= 4 is 17.3 Å². The maximum absolute atomic E-state index is 6.04. The second kappa shape index (κ2) is 6.50. The SMILES string of the molecule is Nc1ccc(-c2ccc(OCc3ccccc3)nc2)cc1Cl. The second-order valence-electron chi connectivity index (χ2n) is 4.90. The molecule has 0 bridgehead atoms. The number of anilines is 1. The lowest BCUT2D eigenvalue weighted by Crippen LogP contribution is -1.96. The number of benzene rings is 2. The molecule has 4 heteroatoms. The average molecular weight is 311 g/mol. The summed E-state index contributed by atoms with van der Waals surface area (Å²) in [7, 11) is 0. The van der Waals surface area contributed by atoms with E-state index in [1.165, 1.54) is 0 Å². The molecule has 0 spiro atoms. The van der Waals surface area contributed by atoms with Crippen LogP contribution in [0.15, 0.2) is 66.9 Å². The first kappa shape index (κ1) is 14.4. The fraction of sp³-hybridized carbons (Fsp3) is 0.0556. The Hall–Kier alpha value is -2.52. The summed E-state index contributed by atoms with van der Waals surface area (Å²) in [5, 5.41) is 0.543. The summed E-state index contributed by atoms with van der Waals surface area (Å²) in [6.07, 6.45) is 1.77. The zero-order valence-electron chi connectivity index (χ0n) is 11.9. The topological polar surface area (TPSA) is 48.1 Å². The molecule has 0 aliphatic rings. The van der Waals surface area contributed by atoms with Gasteiger partial charge in [0.2, 0.25) is 5.88 Å². The van der Waals surface area contributed by atoms with Gasteiger partial charge in [0.15, 0.2) is 0 Å². The van der Waals surface area contributed by atoms with Gasteiger partial charge in [-0.25, -0.2) is 4.98 Å². The van der Waals surface area contributed by atoms with Crippen LogP contribution in [0.4, 0.5) is 5.69 Å². The molecule has 0 radical (unpaired) electrons. The lowest BCUT2D eigenvalue weighted by Gasteiger charge is -2.07. The third-order valence-electron chi connectivity index (χ3n) is 3.30. The number of nitrogens with zero attached hydrogens (tertiary/aromatic N) is 1. The first-order chi connectivity index (χ1) is 10.7. The largest absolute Gasteiger partial charge is 0.473 e. The van der Waals surface area contributed by atoms with E-state index in [0.717, 1.165) is 16.7 Å². The van der Waals surface area contributed by atoms with Gasteiger partial charge >= 0.3 is 0 Å². The Kier molecular flexibility index (Phi) is 4.26. The number of aromatic nitrogens is 1. The molecule has 22 heavy (non-hydrogen) atoms. The summed E-state index contributed by atoms with van der Waals surface area (Å²) >= 11 is 6.04. The fourth-order valence-electron chi connectivity index (χ4n) is 2.07. The van der Waals surface area contributed by atoms with Crippen molar-refractivity contribution in [3.8, 4) is 17.0 Å². The van der Waals surface area contributed by atoms with Crippen molar-refractivity contribution in [2.75, 3.05) is 5.73 Å². The van der Waals surface area contributed by atoms with Crippen molar-refractivity contribution in [3.05, 3.63) is 77.4 Å². The van der Waals surface area contributed by atoms with E-state index in [2.05, 4.69) is 4.98 Å². The highest BCUT2D eigenvalue weighted by atomic mass is 35.5. The molecule has 1 heterocycles. The van der Waals surface area contributed by atoms with Gasteiger partial charge in [0.25, 0.3) is 0 Å². The zero-order valence-corrected chi connectivity index (χ0v) is 12.6. The van der Waals surface area contributed by atoms with E-state index >= 15 is 0 Å². The van der Waals surface area contributed by atoms with Gasteiger partial charge in [-0.05, 0) is 29.3 Å². The molecule has 0 amide bonds. The summed E-state index contributed by atoms with van der Waals surface area (Å²) < 4.78 is 5.67. The van der Waals surface area contributed by atoms with Crippen molar-refractivity contribution in [1.29, 1.82) is 0 Å². The summed E-state index contributed by atoms with van der Waals surface area (Å²) in [5.74, 6) is 0.592. The van der Waals surface area contributed by atoms with Crippen molar-refractivity contribution in [2.45, 2.75) is 6.61 Å². The molecule has 3 nitrogen and oxygen atoms in total. The van der Waals surface area contributed by atoms with Gasteiger partial charge in [-0.2, -0.15) is 0 Å². The molecule has 0 aliphatic carbocycles. The van der Waals surface area contributed by atoms with Crippen LogP contribution in [-0.4, -0.2) is 4.98 Å². The summed E-state index contributed by atoms with van der Waals surface area (Å²) in [5.41, 5.74) is 9.34. The highest BCUT2D eigenvalue weighted by molar-refractivity contribution is 6.33. The fourth-order valence-corrected chi connectivity index (χ4v) is 2.26. The van der Waals surface area contributed by atoms with E-state index in [0.29, 0.717) is 23.2 Å². The number of hydrogen-bond acceptors (Lipinski definition) is 3. The number of hydrogen-bond donors (Lipinski definition) is 1. The number of pyridine rings is 1. The first-order valence-electron chi connectivity index (χ1n) is 6.90. The highest BCUT2D eigenvalue weighted by Crippen LogP contribution is 2.27. The summed E-state index contributed by atoms with van der Waals surface area (Å²) in [6.45, 7) is 0.501. The van der Waals surface area contributed by atoms with Gasteiger partial charge in [-0.15, -0.1) is 0 Å². The predicted octanol–water partition coefficient (Wildman–Crippen LogP) is 4.56. The number of nitrogen functional groups attached to an aromatic ring is 1. The molecule has 3 aromatic rings. The van der Waals surface area contributed by atoms with Gasteiger partial charge in [-0.1, -0.05) is 48.0 Å². The van der Waals surface area contributed by atoms with Crippen LogP contribution in [0.25, 0.3) is 11.1 Å². The molecule has 2 aromatic carbocycles. The van der Waals surface area contributed by atoms with Gasteiger partial charge in [0.05, 0.1) is 10.7 Å². The number of ether oxygens (including phenoxy) is 1. The van der Waals surface area contributed by atoms with Crippen LogP contribution >= 0.6 is 11.6 Å². The van der Waals surface area contributed by atoms with Crippen LogP contribution in [0.1, 0.15) is 5.56 Å². The quantitative estimate of drug-likeness (QED) is 0.718. The van der Waals surface area contributed by atoms with Gasteiger partial charge in [-0.3, -0.25) is 0 Å². The van der Waals surface area contributed by atoms with Gasteiger partial charge < -0.3 is 10.5 Å². The number of rotatable bonds is 4. The van der Waals surface area contributed by atoms with Crippen molar-refractivity contribution in [1.82, 2.24) is 4.98 Å². The van der Waals surface area contributed by atoms with E-state index in [1.807, 2.05) is 54.6 Å². The maximum atomic E-state index is 6.04. The van der Waals surface area contributed by atoms with Crippen LogP contribution in [0.3, 0.4) is 0 Å². The van der Waals surface area contributed by atoms with E-state index in [1.54, 1.807) is 12.3 Å². The molecule has 0 saturated carbocycles. The first-order valence-corrected chi connectivity index (χ1v) is 7.28. The summed E-state index contributed by atoms with van der Waals surface area (Å²) in [6, 6.07) is 19.3. The van der Waals surface area contributed by atoms with Crippen LogP contribution < -0.4 is 10.5 Å². The molecule has 3 rings (SSSR count). The van der Waals surface area contributed by atoms with Gasteiger partial charge in [0, 0.05) is 17.8 Å². The molecular weight excluding hydrogens is 296 g/mol. The van der Waals surface area contributed by atoms with E-state index in [-0.39, 0.29) is 0 Å². The van der Waals surface area contributed by atoms with Crippen molar-refractivity contribution < 1.29 is 4.74 Å². The monoisotopic (exact) mass is 310 g/mol. The van der Waals surface area contributed by atoms with E-state index in [9.17, 15) is 0 Å². The third kappa shape index (κ3) is 3.38. The third-order valence-corrected chi connectivity index (χ3v) is 3.63. The normalized spacial score (nSPS) is 10.4. The minimum Gasteiger partial charge on any atom is -0.473 e. The Bertz CT molecular complexity index is 758. The number of halogens is 1. The standard InChI is InChI=1S/C18H15ClN2O/c19-16-10-14(6-8-17(16)20)15-7-9-18(21-11-15)22-12-13-4-2-1-3-5-13/h1-11H,12,20H2. The molecule has 0 aliphatic heterocycles. The maximum Gasteiger partial charge on any atom is 0.213 e. The Morgan fingerprint density at radius 2 is 1.73 bits per heavy atom. The Morgan fingerprint density at radius 3 is 2.41 bits per heavy atom. The zero-order chi connectivity index (χ0) is 15.4. The van der Waals surface area contributed by atoms with Crippen LogP contribution in [-0.2, 0) is 6.61 Å². The molecule has 2 N–H and O–H groups in total. The van der Waals surface area contributed by atoms with Crippen LogP contribution in [0.2, 0.25) is 5.02 Å². The smallest absolute Gasteiger partial charge is 0.213 e. The molecule has 1 aromatic heterocycles. The van der Waals surface area contributed by atoms with Gasteiger partial charge in [0.1, 0.15) is 6.61 Å². The minimum absolute atomic E-state index is 0.501. The lowest BCUT2D eigenvalue weighted by atomic mass is 10.1. The Morgan fingerprint density at radius 1 is 0.955 bits per heavy atom. The average Bonchev–Trinajstić information content (AvgIpc) is 2.57. The Balaban J connectivity index is 1.71. The van der Waals surface area contributed by atoms with Crippen molar-refractivity contribution in [3.63, 3.8) is 0 Å². The van der Waals surface area contributed by atoms with Crippen LogP contribution in [0, 0.1) is 0 Å². The van der Waals surface area contributed by atoms with Crippen molar-refractivity contribution in [2.24, 2.45) is 0 Å². The van der Waals surface area contributed by atoms with E-state index in [4.69, 9.17) is 22.1 Å². The number of nitrogens with two attached hydrogens (primary N) is 1. The molecule has 0 fully saturated rings. The highest BCUT2D eigenvalue weighted by Gasteiger charge is 2.03. The summed E-state index contributed by atoms with van der Waals surface area (Å²) in [4.78, 5) is 4.33. The second-order valence-corrected chi connectivity index (χ2v) is 5.30. The lowest BCUT2D eigenvalue weighted by molar-refractivity contribution is 0.294. The molecule has 0 atom stereocenters. The molecule has 0 saturated heterocycles.